The Kier molecular flexibility index (Phi) is 7.56. The summed E-state index contributed by atoms with van der Waals surface area (Å²) in [5, 5.41) is 13.5. The maximum Gasteiger partial charge on any atom is 0.321 e. The molecule has 1 rings (SSSR count). The minimum atomic E-state index is -0.938. The first-order valence-electron chi connectivity index (χ1n) is 7.32. The first-order chi connectivity index (χ1) is 9.97. The lowest BCUT2D eigenvalue weighted by molar-refractivity contribution is -0.137. The molecule has 1 saturated carbocycles. The number of hydrogen-bond acceptors (Lipinski definition) is 4. The van der Waals surface area contributed by atoms with Gasteiger partial charge in [0.05, 0.1) is 0 Å². The molecule has 0 heterocycles. The van der Waals surface area contributed by atoms with E-state index in [1.165, 1.54) is 19.3 Å². The highest BCUT2D eigenvalue weighted by molar-refractivity contribution is 8.00. The van der Waals surface area contributed by atoms with E-state index in [2.05, 4.69) is 16.9 Å². The van der Waals surface area contributed by atoms with Gasteiger partial charge in [-0.2, -0.15) is 11.8 Å². The molecule has 0 atom stereocenters. The number of imide groups is 1. The molecule has 1 aliphatic carbocycles. The first kappa shape index (κ1) is 17.8. The zero-order chi connectivity index (χ0) is 15.7. The molecule has 0 radical (unpaired) electrons. The lowest BCUT2D eigenvalue weighted by atomic mass is 9.88. The molecule has 120 valence electrons. The molecule has 3 amide bonds. The van der Waals surface area contributed by atoms with Crippen LogP contribution in [-0.4, -0.2) is 40.6 Å². The topological polar surface area (TPSA) is 95.5 Å². The summed E-state index contributed by atoms with van der Waals surface area (Å²) in [6, 6.07) is -0.491. The van der Waals surface area contributed by atoms with E-state index in [1.807, 2.05) is 0 Å². The highest BCUT2D eigenvalue weighted by atomic mass is 32.2. The number of urea groups is 1. The molecule has 0 spiro atoms. The quantitative estimate of drug-likeness (QED) is 0.669. The standard InChI is InChI=1S/C14H24N2O4S/c1-21-14(8-3-2-4-9-14)10-15-13(20)16-11(17)6-5-7-12(18)19/h2-10H2,1H3,(H,18,19)(H2,15,16,17,20). The molecule has 7 heteroatoms. The van der Waals surface area contributed by atoms with Crippen molar-refractivity contribution in [1.29, 1.82) is 0 Å². The number of nitrogens with one attached hydrogen (secondary N) is 2. The van der Waals surface area contributed by atoms with Crippen LogP contribution in [0.15, 0.2) is 0 Å². The van der Waals surface area contributed by atoms with Crippen LogP contribution in [0.5, 0.6) is 0 Å². The molecule has 21 heavy (non-hydrogen) atoms. The van der Waals surface area contributed by atoms with E-state index in [0.717, 1.165) is 12.8 Å². The predicted octanol–water partition coefficient (Wildman–Crippen LogP) is 2.13. The fraction of sp³-hybridized carbons (Fsp3) is 0.786. The minimum absolute atomic E-state index is 0.0490. The molecule has 3 N–H and O–H groups in total. The Morgan fingerprint density at radius 2 is 1.81 bits per heavy atom. The maximum absolute atomic E-state index is 11.7. The summed E-state index contributed by atoms with van der Waals surface area (Å²) in [6.07, 6.45) is 8.05. The third-order valence-electron chi connectivity index (χ3n) is 3.82. The largest absolute Gasteiger partial charge is 0.481 e. The van der Waals surface area contributed by atoms with E-state index in [4.69, 9.17) is 5.11 Å². The van der Waals surface area contributed by atoms with Crippen molar-refractivity contribution in [1.82, 2.24) is 10.6 Å². The van der Waals surface area contributed by atoms with Gasteiger partial charge in [-0.05, 0) is 25.5 Å². The Balaban J connectivity index is 2.26. The molecule has 0 unspecified atom stereocenters. The number of rotatable bonds is 7. The SMILES string of the molecule is CSC1(CNC(=O)NC(=O)CCCC(=O)O)CCCCC1. The van der Waals surface area contributed by atoms with Crippen molar-refractivity contribution >= 4 is 29.7 Å². The molecular formula is C14H24N2O4S. The van der Waals surface area contributed by atoms with Crippen molar-refractivity contribution in [2.24, 2.45) is 0 Å². The van der Waals surface area contributed by atoms with Crippen LogP contribution in [0.1, 0.15) is 51.4 Å². The van der Waals surface area contributed by atoms with Crippen molar-refractivity contribution in [2.75, 3.05) is 12.8 Å². The van der Waals surface area contributed by atoms with Crippen LogP contribution in [-0.2, 0) is 9.59 Å². The molecule has 1 aliphatic rings. The number of carboxylic acids is 1. The van der Waals surface area contributed by atoms with Crippen LogP contribution in [0.2, 0.25) is 0 Å². The van der Waals surface area contributed by atoms with E-state index in [1.54, 1.807) is 11.8 Å². The van der Waals surface area contributed by atoms with E-state index in [-0.39, 0.29) is 24.0 Å². The predicted molar refractivity (Wildman–Crippen MR) is 82.4 cm³/mol. The van der Waals surface area contributed by atoms with Gasteiger partial charge < -0.3 is 10.4 Å². The van der Waals surface area contributed by atoms with Crippen LogP contribution in [0.4, 0.5) is 4.79 Å². The molecule has 0 saturated heterocycles. The van der Waals surface area contributed by atoms with Crippen LogP contribution >= 0.6 is 11.8 Å². The molecule has 0 aromatic rings. The summed E-state index contributed by atoms with van der Waals surface area (Å²) in [7, 11) is 0. The number of carbonyl (C=O) groups excluding carboxylic acids is 2. The lowest BCUT2D eigenvalue weighted by Gasteiger charge is -2.35. The van der Waals surface area contributed by atoms with Gasteiger partial charge in [0, 0.05) is 24.1 Å². The Hall–Kier alpha value is -1.24. The van der Waals surface area contributed by atoms with Gasteiger partial charge in [-0.1, -0.05) is 19.3 Å². The van der Waals surface area contributed by atoms with Gasteiger partial charge in [0.15, 0.2) is 0 Å². The van der Waals surface area contributed by atoms with Gasteiger partial charge in [0.2, 0.25) is 5.91 Å². The highest BCUT2D eigenvalue weighted by Crippen LogP contribution is 2.37. The van der Waals surface area contributed by atoms with E-state index in [0.29, 0.717) is 6.54 Å². The number of thioether (sulfide) groups is 1. The van der Waals surface area contributed by atoms with Crippen molar-refractivity contribution in [3.05, 3.63) is 0 Å². The van der Waals surface area contributed by atoms with Crippen molar-refractivity contribution in [3.63, 3.8) is 0 Å². The fourth-order valence-electron chi connectivity index (χ4n) is 2.52. The van der Waals surface area contributed by atoms with Crippen molar-refractivity contribution < 1.29 is 19.5 Å². The van der Waals surface area contributed by atoms with Gasteiger partial charge in [0.25, 0.3) is 0 Å². The maximum atomic E-state index is 11.7. The first-order valence-corrected chi connectivity index (χ1v) is 8.54. The second-order valence-corrected chi connectivity index (χ2v) is 6.70. The zero-order valence-corrected chi connectivity index (χ0v) is 13.3. The van der Waals surface area contributed by atoms with Gasteiger partial charge in [-0.3, -0.25) is 14.9 Å². The van der Waals surface area contributed by atoms with E-state index < -0.39 is 17.9 Å². The fourth-order valence-corrected chi connectivity index (χ4v) is 3.44. The average molecular weight is 316 g/mol. The van der Waals surface area contributed by atoms with Crippen molar-refractivity contribution in [3.8, 4) is 0 Å². The number of hydrogen-bond donors (Lipinski definition) is 3. The minimum Gasteiger partial charge on any atom is -0.481 e. The molecule has 6 nitrogen and oxygen atoms in total. The molecule has 0 bridgehead atoms. The van der Waals surface area contributed by atoms with Gasteiger partial charge >= 0.3 is 12.0 Å². The van der Waals surface area contributed by atoms with Crippen molar-refractivity contribution in [2.45, 2.75) is 56.1 Å². The van der Waals surface area contributed by atoms with Crippen LogP contribution in [0, 0.1) is 0 Å². The Morgan fingerprint density at radius 1 is 1.14 bits per heavy atom. The summed E-state index contributed by atoms with van der Waals surface area (Å²) in [5.74, 6) is -1.37. The monoisotopic (exact) mass is 316 g/mol. The summed E-state index contributed by atoms with van der Waals surface area (Å²) >= 11 is 1.78. The molecule has 1 fully saturated rings. The highest BCUT2D eigenvalue weighted by Gasteiger charge is 2.31. The molecular weight excluding hydrogens is 292 g/mol. The Morgan fingerprint density at radius 3 is 2.38 bits per heavy atom. The third kappa shape index (κ3) is 6.84. The van der Waals surface area contributed by atoms with Gasteiger partial charge in [0.1, 0.15) is 0 Å². The van der Waals surface area contributed by atoms with Crippen LogP contribution in [0.25, 0.3) is 0 Å². The number of aliphatic carboxylic acids is 1. The van der Waals surface area contributed by atoms with Crippen LogP contribution < -0.4 is 10.6 Å². The third-order valence-corrected chi connectivity index (χ3v) is 5.23. The molecule has 0 aromatic carbocycles. The summed E-state index contributed by atoms with van der Waals surface area (Å²) in [6.45, 7) is 0.558. The van der Waals surface area contributed by atoms with Gasteiger partial charge in [-0.25, -0.2) is 4.79 Å². The summed E-state index contributed by atoms with van der Waals surface area (Å²) in [5.41, 5.74) is 0. The smallest absolute Gasteiger partial charge is 0.321 e. The van der Waals surface area contributed by atoms with Gasteiger partial charge in [-0.15, -0.1) is 0 Å². The summed E-state index contributed by atoms with van der Waals surface area (Å²) in [4.78, 5) is 33.5. The van der Waals surface area contributed by atoms with Crippen LogP contribution in [0.3, 0.4) is 0 Å². The second-order valence-electron chi connectivity index (χ2n) is 5.43. The second kappa shape index (κ2) is 8.92. The molecule has 0 aliphatic heterocycles. The number of carboxylic acid groups (broad SMARTS) is 1. The number of amides is 3. The van der Waals surface area contributed by atoms with E-state index >= 15 is 0 Å². The Bertz CT molecular complexity index is 381. The Labute approximate surface area is 129 Å². The summed E-state index contributed by atoms with van der Waals surface area (Å²) < 4.78 is 0.0853. The molecule has 0 aromatic heterocycles. The zero-order valence-electron chi connectivity index (χ0n) is 12.4. The average Bonchev–Trinajstić information content (AvgIpc) is 2.46. The number of carbonyl (C=O) groups is 3. The van der Waals surface area contributed by atoms with E-state index in [9.17, 15) is 14.4 Å². The normalized spacial score (nSPS) is 17.0. The lowest BCUT2D eigenvalue weighted by Crippen LogP contribution is -2.47.